The molecule has 0 fully saturated rings. The molecule has 2 aromatic rings. The molecule has 0 aliphatic rings. The van der Waals surface area contributed by atoms with Crippen LogP contribution in [0.1, 0.15) is 16.6 Å². The summed E-state index contributed by atoms with van der Waals surface area (Å²) in [5.41, 5.74) is 6.30. The highest BCUT2D eigenvalue weighted by Gasteiger charge is 2.17. The van der Waals surface area contributed by atoms with Crippen molar-refractivity contribution < 1.29 is 4.79 Å². The third-order valence-corrected chi connectivity index (χ3v) is 4.38. The number of carbonyl (C=O) groups is 1. The highest BCUT2D eigenvalue weighted by atomic mass is 127. The molecule has 1 heterocycles. The van der Waals surface area contributed by atoms with Crippen molar-refractivity contribution in [3.63, 3.8) is 0 Å². The molecule has 106 valence electrons. The Morgan fingerprint density at radius 3 is 2.95 bits per heavy atom. The van der Waals surface area contributed by atoms with Crippen LogP contribution >= 0.6 is 45.5 Å². The van der Waals surface area contributed by atoms with Gasteiger partial charge in [0.25, 0.3) is 5.91 Å². The van der Waals surface area contributed by atoms with E-state index in [0.717, 1.165) is 10.1 Å². The molecule has 0 saturated heterocycles. The first kappa shape index (κ1) is 15.3. The fraction of sp³-hybridized carbons (Fsp3) is 0.167. The topological polar surface area (TPSA) is 80.0 Å². The van der Waals surface area contributed by atoms with Gasteiger partial charge < -0.3 is 16.4 Å². The van der Waals surface area contributed by atoms with E-state index in [4.69, 9.17) is 17.3 Å². The molecule has 1 amide bonds. The first-order valence-electron chi connectivity index (χ1n) is 5.77. The van der Waals surface area contributed by atoms with Crippen LogP contribution < -0.4 is 16.4 Å². The molecule has 0 bridgehead atoms. The summed E-state index contributed by atoms with van der Waals surface area (Å²) < 4.78 is 0.998. The summed E-state index contributed by atoms with van der Waals surface area (Å²) in [4.78, 5) is 16.6. The molecule has 0 unspecified atom stereocenters. The summed E-state index contributed by atoms with van der Waals surface area (Å²) >= 11 is 9.45. The summed E-state index contributed by atoms with van der Waals surface area (Å²) in [6, 6.07) is 5.39. The fourth-order valence-corrected chi connectivity index (χ4v) is 3.24. The maximum Gasteiger partial charge on any atom is 0.269 e. The van der Waals surface area contributed by atoms with E-state index in [0.29, 0.717) is 20.7 Å². The zero-order chi connectivity index (χ0) is 14.7. The van der Waals surface area contributed by atoms with E-state index >= 15 is 0 Å². The fourth-order valence-electron chi connectivity index (χ4n) is 1.49. The Labute approximate surface area is 139 Å². The molecule has 5 nitrogen and oxygen atoms in total. The number of carbonyl (C=O) groups excluding carboxylic acids is 1. The number of halogens is 2. The molecular formula is C12H12ClIN4OS. The largest absolute Gasteiger partial charge is 0.382 e. The van der Waals surface area contributed by atoms with Crippen LogP contribution in [0.15, 0.2) is 18.2 Å². The summed E-state index contributed by atoms with van der Waals surface area (Å²) in [6.45, 7) is 2.67. The number of hydrogen-bond acceptors (Lipinski definition) is 5. The number of aromatic nitrogens is 1. The number of nitrogens with two attached hydrogens (primary N) is 1. The number of anilines is 3. The van der Waals surface area contributed by atoms with Gasteiger partial charge in [0.15, 0.2) is 5.13 Å². The molecule has 20 heavy (non-hydrogen) atoms. The first-order valence-corrected chi connectivity index (χ1v) is 8.05. The lowest BCUT2D eigenvalue weighted by Gasteiger charge is -2.06. The Kier molecular flexibility index (Phi) is 5.06. The third-order valence-electron chi connectivity index (χ3n) is 2.37. The van der Waals surface area contributed by atoms with Crippen molar-refractivity contribution in [3.05, 3.63) is 31.7 Å². The second-order valence-corrected chi connectivity index (χ2v) is 6.49. The maximum atomic E-state index is 12.2. The summed E-state index contributed by atoms with van der Waals surface area (Å²) in [5.74, 6) is -0.0997. The van der Waals surface area contributed by atoms with Gasteiger partial charge in [0, 0.05) is 10.1 Å². The van der Waals surface area contributed by atoms with E-state index in [1.165, 1.54) is 11.3 Å². The van der Waals surface area contributed by atoms with Gasteiger partial charge in [0.2, 0.25) is 0 Å². The van der Waals surface area contributed by atoms with Crippen LogP contribution in [0, 0.1) is 3.57 Å². The number of thiazole rings is 1. The number of nitrogens with zero attached hydrogens (tertiary/aromatic N) is 1. The van der Waals surface area contributed by atoms with Gasteiger partial charge in [0.05, 0.1) is 10.7 Å². The molecule has 2 rings (SSSR count). The average molecular weight is 423 g/mol. The number of benzene rings is 1. The van der Waals surface area contributed by atoms with Gasteiger partial charge in [-0.05, 0) is 47.7 Å². The molecule has 0 atom stereocenters. The molecular weight excluding hydrogens is 411 g/mol. The normalized spacial score (nSPS) is 10.3. The van der Waals surface area contributed by atoms with Gasteiger partial charge in [-0.3, -0.25) is 4.79 Å². The lowest BCUT2D eigenvalue weighted by Crippen LogP contribution is -2.12. The number of nitrogens with one attached hydrogen (secondary N) is 2. The van der Waals surface area contributed by atoms with Gasteiger partial charge in [-0.1, -0.05) is 22.9 Å². The zero-order valence-corrected chi connectivity index (χ0v) is 14.3. The zero-order valence-electron chi connectivity index (χ0n) is 10.5. The molecule has 4 N–H and O–H groups in total. The van der Waals surface area contributed by atoms with E-state index in [1.54, 1.807) is 12.1 Å². The van der Waals surface area contributed by atoms with E-state index in [2.05, 4.69) is 38.2 Å². The molecule has 8 heteroatoms. The van der Waals surface area contributed by atoms with Crippen molar-refractivity contribution in [2.75, 3.05) is 22.9 Å². The van der Waals surface area contributed by atoms with Gasteiger partial charge in [-0.15, -0.1) is 0 Å². The predicted octanol–water partition coefficient (Wildman–Crippen LogP) is 3.67. The molecule has 0 radical (unpaired) electrons. The van der Waals surface area contributed by atoms with Crippen molar-refractivity contribution in [3.8, 4) is 0 Å². The van der Waals surface area contributed by atoms with E-state index in [-0.39, 0.29) is 11.7 Å². The van der Waals surface area contributed by atoms with Gasteiger partial charge in [-0.2, -0.15) is 0 Å². The quantitative estimate of drug-likeness (QED) is 0.657. The van der Waals surface area contributed by atoms with Crippen LogP contribution in [-0.2, 0) is 0 Å². The monoisotopic (exact) mass is 422 g/mol. The molecule has 0 spiro atoms. The Hall–Kier alpha value is -1.06. The van der Waals surface area contributed by atoms with Crippen molar-refractivity contribution in [2.45, 2.75) is 6.92 Å². The standard InChI is InChI=1S/C12H12ClIN4OS/c1-2-16-12-18-10(15)9(20-12)11(19)17-8-4-3-6(14)5-7(8)13/h3-5H,2,15H2,1H3,(H,16,18)(H,17,19). The minimum Gasteiger partial charge on any atom is -0.382 e. The lowest BCUT2D eigenvalue weighted by atomic mass is 10.3. The Morgan fingerprint density at radius 2 is 2.30 bits per heavy atom. The van der Waals surface area contributed by atoms with Crippen molar-refractivity contribution in [2.24, 2.45) is 0 Å². The van der Waals surface area contributed by atoms with Gasteiger partial charge >= 0.3 is 0 Å². The van der Waals surface area contributed by atoms with E-state index in [1.807, 2.05) is 13.0 Å². The van der Waals surface area contributed by atoms with Crippen LogP contribution in [0.5, 0.6) is 0 Å². The molecule has 1 aromatic carbocycles. The van der Waals surface area contributed by atoms with Crippen LogP contribution in [0.2, 0.25) is 5.02 Å². The van der Waals surface area contributed by atoms with Crippen LogP contribution in [0.3, 0.4) is 0 Å². The van der Waals surface area contributed by atoms with E-state index in [9.17, 15) is 4.79 Å². The van der Waals surface area contributed by atoms with Crippen molar-refractivity contribution in [1.29, 1.82) is 0 Å². The summed E-state index contributed by atoms with van der Waals surface area (Å²) in [6.07, 6.45) is 0. The van der Waals surface area contributed by atoms with Gasteiger partial charge in [-0.25, -0.2) is 4.98 Å². The van der Waals surface area contributed by atoms with Crippen LogP contribution in [0.25, 0.3) is 0 Å². The second kappa shape index (κ2) is 6.59. The highest BCUT2D eigenvalue weighted by Crippen LogP contribution is 2.28. The SMILES string of the molecule is CCNc1nc(N)c(C(=O)Nc2ccc(I)cc2Cl)s1. The van der Waals surface area contributed by atoms with Crippen molar-refractivity contribution in [1.82, 2.24) is 4.98 Å². The van der Waals surface area contributed by atoms with Crippen LogP contribution in [-0.4, -0.2) is 17.4 Å². The molecule has 0 aliphatic carbocycles. The molecule has 0 aliphatic heterocycles. The summed E-state index contributed by atoms with van der Waals surface area (Å²) in [7, 11) is 0. The minimum atomic E-state index is -0.313. The predicted molar refractivity (Wildman–Crippen MR) is 92.8 cm³/mol. The minimum absolute atomic E-state index is 0.213. The summed E-state index contributed by atoms with van der Waals surface area (Å²) in [5, 5.41) is 6.88. The van der Waals surface area contributed by atoms with E-state index < -0.39 is 0 Å². The first-order chi connectivity index (χ1) is 9.51. The smallest absolute Gasteiger partial charge is 0.269 e. The highest BCUT2D eigenvalue weighted by molar-refractivity contribution is 14.1. The average Bonchev–Trinajstić information content (AvgIpc) is 2.74. The Balaban J connectivity index is 2.19. The molecule has 0 saturated carbocycles. The molecule has 1 aromatic heterocycles. The van der Waals surface area contributed by atoms with Gasteiger partial charge in [0.1, 0.15) is 10.7 Å². The number of rotatable bonds is 4. The maximum absolute atomic E-state index is 12.2. The van der Waals surface area contributed by atoms with Crippen molar-refractivity contribution >= 4 is 68.1 Å². The number of hydrogen-bond donors (Lipinski definition) is 3. The lowest BCUT2D eigenvalue weighted by molar-refractivity contribution is 0.103. The third kappa shape index (κ3) is 3.53. The number of nitrogen functional groups attached to an aromatic ring is 1. The second-order valence-electron chi connectivity index (χ2n) is 3.84. The Bertz CT molecular complexity index is 646. The van der Waals surface area contributed by atoms with Crippen LogP contribution in [0.4, 0.5) is 16.6 Å². The number of amides is 1. The Morgan fingerprint density at radius 1 is 1.55 bits per heavy atom.